The van der Waals surface area contributed by atoms with Crippen molar-refractivity contribution in [3.63, 3.8) is 0 Å². The van der Waals surface area contributed by atoms with E-state index in [1.165, 1.54) is 12.8 Å². The second-order valence-corrected chi connectivity index (χ2v) is 8.34. The van der Waals surface area contributed by atoms with Crippen molar-refractivity contribution in [1.82, 2.24) is 15.3 Å². The van der Waals surface area contributed by atoms with Gasteiger partial charge in [-0.3, -0.25) is 0 Å². The topological polar surface area (TPSA) is 76.9 Å². The molecule has 6 nitrogen and oxygen atoms in total. The first-order valence-electron chi connectivity index (χ1n) is 10.8. The minimum Gasteiger partial charge on any atom is -0.355 e. The van der Waals surface area contributed by atoms with E-state index in [0.29, 0.717) is 17.6 Å². The molecule has 0 amide bonds. The van der Waals surface area contributed by atoms with Gasteiger partial charge in [0.15, 0.2) is 0 Å². The summed E-state index contributed by atoms with van der Waals surface area (Å²) in [5, 5.41) is 16.3. The Labute approximate surface area is 197 Å². The number of halogens is 2. The SMILES string of the molecule is CCCc1cc(N2CC[C@H](NCC3CC3)C2)nc(Nc2ccc(C)c(C#N)c2)n1.Cl.Cl. The largest absolute Gasteiger partial charge is 0.355 e. The van der Waals surface area contributed by atoms with Crippen molar-refractivity contribution < 1.29 is 0 Å². The van der Waals surface area contributed by atoms with Gasteiger partial charge in [0.25, 0.3) is 0 Å². The Morgan fingerprint density at radius 2 is 1.97 bits per heavy atom. The number of aryl methyl sites for hydroxylation is 2. The fraction of sp³-hybridized carbons (Fsp3) is 0.522. The summed E-state index contributed by atoms with van der Waals surface area (Å²) in [6.07, 6.45) is 5.91. The first-order valence-corrected chi connectivity index (χ1v) is 10.8. The molecule has 0 unspecified atom stereocenters. The molecule has 2 heterocycles. The van der Waals surface area contributed by atoms with E-state index in [4.69, 9.17) is 9.97 Å². The van der Waals surface area contributed by atoms with Crippen molar-refractivity contribution in [2.75, 3.05) is 29.9 Å². The second-order valence-electron chi connectivity index (χ2n) is 8.34. The highest BCUT2D eigenvalue weighted by Crippen LogP contribution is 2.28. The van der Waals surface area contributed by atoms with Crippen LogP contribution in [0.5, 0.6) is 0 Å². The minimum absolute atomic E-state index is 0. The van der Waals surface area contributed by atoms with Gasteiger partial charge in [-0.05, 0) is 62.8 Å². The molecule has 2 aliphatic rings. The predicted molar refractivity (Wildman–Crippen MR) is 131 cm³/mol. The van der Waals surface area contributed by atoms with E-state index >= 15 is 0 Å². The van der Waals surface area contributed by atoms with Crippen LogP contribution < -0.4 is 15.5 Å². The molecule has 1 saturated heterocycles. The van der Waals surface area contributed by atoms with Gasteiger partial charge >= 0.3 is 0 Å². The highest BCUT2D eigenvalue weighted by Gasteiger charge is 2.27. The number of benzene rings is 1. The number of aromatic nitrogens is 2. The van der Waals surface area contributed by atoms with Gasteiger partial charge in [0.1, 0.15) is 5.82 Å². The van der Waals surface area contributed by atoms with Crippen LogP contribution in [-0.2, 0) is 6.42 Å². The molecule has 1 aliphatic heterocycles. The van der Waals surface area contributed by atoms with Crippen molar-refractivity contribution >= 4 is 42.3 Å². The van der Waals surface area contributed by atoms with E-state index < -0.39 is 0 Å². The Morgan fingerprint density at radius 1 is 1.16 bits per heavy atom. The van der Waals surface area contributed by atoms with Crippen LogP contribution in [0.4, 0.5) is 17.5 Å². The molecule has 2 aromatic rings. The highest BCUT2D eigenvalue weighted by atomic mass is 35.5. The van der Waals surface area contributed by atoms with Gasteiger partial charge in [-0.15, -0.1) is 24.8 Å². The van der Waals surface area contributed by atoms with Crippen molar-refractivity contribution in [3.05, 3.63) is 41.1 Å². The van der Waals surface area contributed by atoms with Crippen molar-refractivity contribution in [2.45, 2.75) is 52.0 Å². The number of hydrogen-bond acceptors (Lipinski definition) is 6. The maximum absolute atomic E-state index is 9.30. The lowest BCUT2D eigenvalue weighted by atomic mass is 10.1. The van der Waals surface area contributed by atoms with Crippen molar-refractivity contribution in [1.29, 1.82) is 5.26 Å². The zero-order valence-electron chi connectivity index (χ0n) is 18.2. The number of anilines is 3. The Morgan fingerprint density at radius 3 is 2.68 bits per heavy atom. The molecule has 31 heavy (non-hydrogen) atoms. The Kier molecular flexibility index (Phi) is 9.36. The number of nitrogens with one attached hydrogen (secondary N) is 2. The maximum atomic E-state index is 9.30. The Hall–Kier alpha value is -2.07. The molecule has 1 saturated carbocycles. The van der Waals surface area contributed by atoms with E-state index in [1.54, 1.807) is 0 Å². The first-order chi connectivity index (χ1) is 14.1. The molecule has 4 rings (SSSR count). The lowest BCUT2D eigenvalue weighted by Crippen LogP contribution is -2.34. The lowest BCUT2D eigenvalue weighted by Gasteiger charge is -2.20. The minimum atomic E-state index is 0. The predicted octanol–water partition coefficient (Wildman–Crippen LogP) is 4.77. The van der Waals surface area contributed by atoms with E-state index in [-0.39, 0.29) is 24.8 Å². The molecule has 8 heteroatoms. The molecule has 1 aromatic carbocycles. The summed E-state index contributed by atoms with van der Waals surface area (Å²) in [6, 6.07) is 10.7. The van der Waals surface area contributed by atoms with Gasteiger partial charge in [0, 0.05) is 36.6 Å². The highest BCUT2D eigenvalue weighted by molar-refractivity contribution is 5.85. The van der Waals surface area contributed by atoms with Crippen LogP contribution in [-0.4, -0.2) is 35.6 Å². The number of nitriles is 1. The fourth-order valence-corrected chi connectivity index (χ4v) is 3.82. The Balaban J connectivity index is 0.00000171. The fourth-order valence-electron chi connectivity index (χ4n) is 3.82. The summed E-state index contributed by atoms with van der Waals surface area (Å²) >= 11 is 0. The van der Waals surface area contributed by atoms with Crippen molar-refractivity contribution in [2.24, 2.45) is 5.92 Å². The molecule has 2 N–H and O–H groups in total. The van der Waals surface area contributed by atoms with Crippen LogP contribution in [0.15, 0.2) is 24.3 Å². The summed E-state index contributed by atoms with van der Waals surface area (Å²) < 4.78 is 0. The number of nitrogens with zero attached hydrogens (tertiary/aromatic N) is 4. The summed E-state index contributed by atoms with van der Waals surface area (Å²) in [5.74, 6) is 2.50. The second kappa shape index (κ2) is 11.5. The van der Waals surface area contributed by atoms with Crippen LogP contribution in [0.3, 0.4) is 0 Å². The van der Waals surface area contributed by atoms with Crippen LogP contribution in [0.25, 0.3) is 0 Å². The Bertz CT molecular complexity index is 909. The van der Waals surface area contributed by atoms with Crippen LogP contribution in [0.2, 0.25) is 0 Å². The third kappa shape index (κ3) is 6.70. The number of hydrogen-bond donors (Lipinski definition) is 2. The molecule has 1 atom stereocenters. The van der Waals surface area contributed by atoms with Crippen LogP contribution >= 0.6 is 24.8 Å². The molecule has 0 bridgehead atoms. The standard InChI is InChI=1S/C23H30N6.2ClH/c1-3-4-19-12-22(29-10-9-21(15-29)25-14-17-6-7-17)28-23(26-19)27-20-8-5-16(2)18(11-20)13-24;;/h5,8,11-12,17,21,25H,3-4,6-7,9-10,14-15H2,1-2H3,(H,26,27,28);2*1H/t21-;;/m0../s1. The summed E-state index contributed by atoms with van der Waals surface area (Å²) in [7, 11) is 0. The molecule has 1 aliphatic carbocycles. The van der Waals surface area contributed by atoms with E-state index in [0.717, 1.165) is 67.6 Å². The molecule has 2 fully saturated rings. The molecule has 168 valence electrons. The third-order valence-corrected chi connectivity index (χ3v) is 5.79. The van der Waals surface area contributed by atoms with Gasteiger partial charge in [0.05, 0.1) is 11.6 Å². The average Bonchev–Trinajstić information content (AvgIpc) is 3.43. The zero-order valence-corrected chi connectivity index (χ0v) is 19.9. The van der Waals surface area contributed by atoms with E-state index in [9.17, 15) is 5.26 Å². The monoisotopic (exact) mass is 462 g/mol. The molecule has 1 aromatic heterocycles. The summed E-state index contributed by atoms with van der Waals surface area (Å²) in [6.45, 7) is 7.29. The van der Waals surface area contributed by atoms with Crippen LogP contribution in [0.1, 0.15) is 49.4 Å². The van der Waals surface area contributed by atoms with Crippen molar-refractivity contribution in [3.8, 4) is 6.07 Å². The van der Waals surface area contributed by atoms with Gasteiger partial charge in [-0.25, -0.2) is 4.98 Å². The molecule has 0 radical (unpaired) electrons. The van der Waals surface area contributed by atoms with Gasteiger partial charge in [0.2, 0.25) is 5.95 Å². The summed E-state index contributed by atoms with van der Waals surface area (Å²) in [5.41, 5.74) is 3.55. The normalized spacial score (nSPS) is 17.5. The van der Waals surface area contributed by atoms with Crippen LogP contribution in [0, 0.1) is 24.2 Å². The average molecular weight is 463 g/mol. The lowest BCUT2D eigenvalue weighted by molar-refractivity contribution is 0.530. The summed E-state index contributed by atoms with van der Waals surface area (Å²) in [4.78, 5) is 11.9. The zero-order chi connectivity index (χ0) is 20.2. The first kappa shape index (κ1) is 25.2. The third-order valence-electron chi connectivity index (χ3n) is 5.79. The quantitative estimate of drug-likeness (QED) is 0.587. The van der Waals surface area contributed by atoms with Gasteiger partial charge in [-0.1, -0.05) is 19.4 Å². The van der Waals surface area contributed by atoms with E-state index in [1.807, 2.05) is 25.1 Å². The molecular formula is C23H32Cl2N6. The number of rotatable bonds is 8. The smallest absolute Gasteiger partial charge is 0.229 e. The van der Waals surface area contributed by atoms with Gasteiger partial charge in [-0.2, -0.15) is 10.2 Å². The van der Waals surface area contributed by atoms with E-state index in [2.05, 4.69) is 34.6 Å². The van der Waals surface area contributed by atoms with Gasteiger partial charge < -0.3 is 15.5 Å². The molecule has 0 spiro atoms. The molecular weight excluding hydrogens is 431 g/mol. The maximum Gasteiger partial charge on any atom is 0.229 e.